The summed E-state index contributed by atoms with van der Waals surface area (Å²) in [5.41, 5.74) is 0.856. The number of hydrogen-bond acceptors (Lipinski definition) is 5. The van der Waals surface area contributed by atoms with Gasteiger partial charge in [0.15, 0.2) is 0 Å². The van der Waals surface area contributed by atoms with Crippen molar-refractivity contribution in [2.75, 3.05) is 11.9 Å². The van der Waals surface area contributed by atoms with Crippen molar-refractivity contribution in [3.63, 3.8) is 0 Å². The van der Waals surface area contributed by atoms with E-state index in [1.807, 2.05) is 0 Å². The zero-order valence-corrected chi connectivity index (χ0v) is 15.7. The van der Waals surface area contributed by atoms with Crippen molar-refractivity contribution >= 4 is 17.3 Å². The number of nitro groups is 1. The maximum atomic E-state index is 13.7. The summed E-state index contributed by atoms with van der Waals surface area (Å²) in [6.07, 6.45) is 3.41. The molecule has 0 aliphatic heterocycles. The molecule has 0 fully saturated rings. The van der Waals surface area contributed by atoms with E-state index in [-0.39, 0.29) is 24.6 Å². The van der Waals surface area contributed by atoms with Crippen molar-refractivity contribution in [3.05, 3.63) is 88.2 Å². The minimum atomic E-state index is -0.621. The molecule has 0 saturated carbocycles. The molecule has 0 aliphatic carbocycles. The molecular weight excluding hydrogens is 377 g/mol. The van der Waals surface area contributed by atoms with Crippen LogP contribution in [0.15, 0.2) is 60.9 Å². The second-order valence-electron chi connectivity index (χ2n) is 6.40. The predicted molar refractivity (Wildman–Crippen MR) is 106 cm³/mol. The van der Waals surface area contributed by atoms with Crippen molar-refractivity contribution in [1.82, 2.24) is 14.9 Å². The summed E-state index contributed by atoms with van der Waals surface area (Å²) in [4.78, 5) is 27.4. The Morgan fingerprint density at radius 2 is 2.07 bits per heavy atom. The Bertz CT molecular complexity index is 1020. The number of nitrogens with zero attached hydrogens (tertiary/aromatic N) is 3. The number of aromatic nitrogens is 2. The molecule has 2 aromatic carbocycles. The predicted octanol–water partition coefficient (Wildman–Crippen LogP) is 3.18. The maximum absolute atomic E-state index is 13.7. The molecule has 1 atom stereocenters. The summed E-state index contributed by atoms with van der Waals surface area (Å²) in [5.74, 6) is -0.141. The molecule has 150 valence electrons. The van der Waals surface area contributed by atoms with Gasteiger partial charge in [0.1, 0.15) is 23.4 Å². The fourth-order valence-corrected chi connectivity index (χ4v) is 2.96. The minimum Gasteiger partial charge on any atom is -0.379 e. The zero-order valence-electron chi connectivity index (χ0n) is 15.7. The minimum absolute atomic E-state index is 0.0569. The molecule has 0 bridgehead atoms. The molecule has 1 unspecified atom stereocenters. The van der Waals surface area contributed by atoms with E-state index in [1.165, 1.54) is 18.2 Å². The first kappa shape index (κ1) is 20.0. The van der Waals surface area contributed by atoms with E-state index in [0.717, 1.165) is 0 Å². The number of carbonyl (C=O) groups is 1. The van der Waals surface area contributed by atoms with Gasteiger partial charge in [0.25, 0.3) is 5.69 Å². The van der Waals surface area contributed by atoms with Crippen LogP contribution in [0.5, 0.6) is 0 Å². The number of halogens is 1. The van der Waals surface area contributed by atoms with Crippen molar-refractivity contribution in [2.45, 2.75) is 12.5 Å². The number of amides is 1. The van der Waals surface area contributed by atoms with Gasteiger partial charge in [-0.2, -0.15) is 0 Å². The number of para-hydroxylation sites is 2. The van der Waals surface area contributed by atoms with Crippen LogP contribution in [-0.4, -0.2) is 26.9 Å². The van der Waals surface area contributed by atoms with E-state index in [4.69, 9.17) is 0 Å². The summed E-state index contributed by atoms with van der Waals surface area (Å²) in [5, 5.41) is 16.8. The molecular formula is C20H20FN5O3. The molecule has 3 aromatic rings. The zero-order chi connectivity index (χ0) is 20.8. The highest BCUT2D eigenvalue weighted by molar-refractivity contribution is 5.77. The van der Waals surface area contributed by atoms with Crippen molar-refractivity contribution in [3.8, 4) is 0 Å². The van der Waals surface area contributed by atoms with Crippen LogP contribution in [-0.2, 0) is 11.8 Å². The fourth-order valence-electron chi connectivity index (χ4n) is 2.96. The number of hydrogen-bond donors (Lipinski definition) is 2. The Labute approximate surface area is 166 Å². The fraction of sp³-hybridized carbons (Fsp3) is 0.200. The lowest BCUT2D eigenvalue weighted by Crippen LogP contribution is -2.32. The molecule has 8 nitrogen and oxygen atoms in total. The van der Waals surface area contributed by atoms with Crippen LogP contribution < -0.4 is 10.6 Å². The second kappa shape index (κ2) is 8.96. The number of benzene rings is 2. The van der Waals surface area contributed by atoms with Crippen LogP contribution in [0.1, 0.15) is 23.9 Å². The second-order valence-corrected chi connectivity index (χ2v) is 6.40. The lowest BCUT2D eigenvalue weighted by Gasteiger charge is -2.19. The third-order valence-electron chi connectivity index (χ3n) is 4.37. The lowest BCUT2D eigenvalue weighted by atomic mass is 10.1. The molecule has 3 rings (SSSR count). The number of imidazole rings is 1. The molecule has 0 radical (unpaired) electrons. The Kier molecular flexibility index (Phi) is 6.18. The van der Waals surface area contributed by atoms with Crippen molar-refractivity contribution in [1.29, 1.82) is 0 Å². The Morgan fingerprint density at radius 3 is 2.76 bits per heavy atom. The number of nitro benzene ring substituents is 1. The van der Waals surface area contributed by atoms with Gasteiger partial charge in [-0.25, -0.2) is 9.37 Å². The SMILES string of the molecule is Cn1ccnc1C(NC(=O)CCNc1ccccc1[N+](=O)[O-])c1cccc(F)c1. The Morgan fingerprint density at radius 1 is 1.28 bits per heavy atom. The summed E-state index contributed by atoms with van der Waals surface area (Å²) in [6, 6.07) is 11.6. The van der Waals surface area contributed by atoms with E-state index in [2.05, 4.69) is 15.6 Å². The number of nitrogens with one attached hydrogen (secondary N) is 2. The van der Waals surface area contributed by atoms with Crippen molar-refractivity contribution in [2.24, 2.45) is 7.05 Å². The first-order valence-corrected chi connectivity index (χ1v) is 8.95. The van der Waals surface area contributed by atoms with E-state index < -0.39 is 16.8 Å². The average molecular weight is 397 g/mol. The van der Waals surface area contributed by atoms with Gasteiger partial charge in [0.2, 0.25) is 5.91 Å². The van der Waals surface area contributed by atoms with Gasteiger partial charge in [-0.05, 0) is 23.8 Å². The maximum Gasteiger partial charge on any atom is 0.292 e. The summed E-state index contributed by atoms with van der Waals surface area (Å²) < 4.78 is 15.4. The highest BCUT2D eigenvalue weighted by Crippen LogP contribution is 2.23. The first-order valence-electron chi connectivity index (χ1n) is 8.95. The normalized spacial score (nSPS) is 11.7. The van der Waals surface area contributed by atoms with Gasteiger partial charge >= 0.3 is 0 Å². The first-order chi connectivity index (χ1) is 14.0. The molecule has 1 amide bonds. The third kappa shape index (κ3) is 4.95. The van der Waals surface area contributed by atoms with Crippen molar-refractivity contribution < 1.29 is 14.1 Å². The molecule has 29 heavy (non-hydrogen) atoms. The topological polar surface area (TPSA) is 102 Å². The Balaban J connectivity index is 1.68. The molecule has 0 spiro atoms. The van der Waals surface area contributed by atoms with E-state index in [1.54, 1.807) is 54.3 Å². The summed E-state index contributed by atoms with van der Waals surface area (Å²) >= 11 is 0. The highest BCUT2D eigenvalue weighted by atomic mass is 19.1. The van der Waals surface area contributed by atoms with Crippen LogP contribution in [0.2, 0.25) is 0 Å². The molecule has 1 heterocycles. The van der Waals surface area contributed by atoms with Crippen LogP contribution in [0, 0.1) is 15.9 Å². The average Bonchev–Trinajstić information content (AvgIpc) is 3.12. The molecule has 0 saturated heterocycles. The van der Waals surface area contributed by atoms with Gasteiger partial charge in [0, 0.05) is 38.5 Å². The smallest absolute Gasteiger partial charge is 0.292 e. The number of aryl methyl sites for hydroxylation is 1. The van der Waals surface area contributed by atoms with E-state index in [9.17, 15) is 19.3 Å². The highest BCUT2D eigenvalue weighted by Gasteiger charge is 2.21. The van der Waals surface area contributed by atoms with Crippen LogP contribution >= 0.6 is 0 Å². The number of anilines is 1. The standard InChI is InChI=1S/C20H20FN5O3/c1-25-12-11-23-20(25)19(14-5-4-6-15(21)13-14)24-18(27)9-10-22-16-7-2-3-8-17(16)26(28)29/h2-8,11-13,19,22H,9-10H2,1H3,(H,24,27). The van der Waals surface area contributed by atoms with Gasteiger partial charge in [-0.15, -0.1) is 0 Å². The molecule has 9 heteroatoms. The monoisotopic (exact) mass is 397 g/mol. The molecule has 1 aromatic heterocycles. The molecule has 2 N–H and O–H groups in total. The van der Waals surface area contributed by atoms with Crippen LogP contribution in [0.25, 0.3) is 0 Å². The lowest BCUT2D eigenvalue weighted by molar-refractivity contribution is -0.384. The third-order valence-corrected chi connectivity index (χ3v) is 4.37. The van der Waals surface area contributed by atoms with Gasteiger partial charge < -0.3 is 15.2 Å². The molecule has 0 aliphatic rings. The Hall–Kier alpha value is -3.75. The van der Waals surface area contributed by atoms with Crippen LogP contribution in [0.3, 0.4) is 0 Å². The van der Waals surface area contributed by atoms with E-state index >= 15 is 0 Å². The van der Waals surface area contributed by atoms with Gasteiger partial charge in [0.05, 0.1) is 4.92 Å². The van der Waals surface area contributed by atoms with E-state index in [0.29, 0.717) is 17.1 Å². The number of rotatable bonds is 8. The largest absolute Gasteiger partial charge is 0.379 e. The van der Waals surface area contributed by atoms with Gasteiger partial charge in [-0.3, -0.25) is 14.9 Å². The van der Waals surface area contributed by atoms with Crippen LogP contribution in [0.4, 0.5) is 15.8 Å². The quantitative estimate of drug-likeness (QED) is 0.449. The summed E-state index contributed by atoms with van der Waals surface area (Å²) in [6.45, 7) is 0.202. The van der Waals surface area contributed by atoms with Gasteiger partial charge in [-0.1, -0.05) is 24.3 Å². The number of carbonyl (C=O) groups excluding carboxylic acids is 1. The summed E-state index contributed by atoms with van der Waals surface area (Å²) in [7, 11) is 1.79.